The van der Waals surface area contributed by atoms with Gasteiger partial charge in [0.25, 0.3) is 5.91 Å². The maximum absolute atomic E-state index is 12.3. The number of likely N-dealkylation sites (N-methyl/N-ethyl adjacent to an activating group) is 1. The quantitative estimate of drug-likeness (QED) is 0.649. The predicted molar refractivity (Wildman–Crippen MR) is 112 cm³/mol. The summed E-state index contributed by atoms with van der Waals surface area (Å²) in [6.45, 7) is 7.99. The van der Waals surface area contributed by atoms with Gasteiger partial charge in [-0.05, 0) is 25.2 Å². The highest BCUT2D eigenvalue weighted by atomic mass is 35.5. The molecule has 0 radical (unpaired) electrons. The highest BCUT2D eigenvalue weighted by Gasteiger charge is 2.13. The minimum atomic E-state index is -0.259. The van der Waals surface area contributed by atoms with Crippen LogP contribution in [0.5, 0.6) is 5.75 Å². The number of carbonyl (C=O) groups is 1. The molecule has 0 spiro atoms. The first-order chi connectivity index (χ1) is 11.7. The van der Waals surface area contributed by atoms with Crippen LogP contribution in [0.15, 0.2) is 29.6 Å². The van der Waals surface area contributed by atoms with Crippen LogP contribution in [0.1, 0.15) is 29.3 Å². The van der Waals surface area contributed by atoms with Crippen LogP contribution in [0, 0.1) is 0 Å². The first kappa shape index (κ1) is 24.6. The van der Waals surface area contributed by atoms with E-state index in [1.54, 1.807) is 5.38 Å². The van der Waals surface area contributed by atoms with Crippen molar-refractivity contribution in [2.24, 2.45) is 5.73 Å². The second-order valence-electron chi connectivity index (χ2n) is 5.16. The third-order valence-corrected chi connectivity index (χ3v) is 4.52. The van der Waals surface area contributed by atoms with Gasteiger partial charge < -0.3 is 20.7 Å². The van der Waals surface area contributed by atoms with Gasteiger partial charge in [-0.25, -0.2) is 4.98 Å². The molecule has 0 saturated carbocycles. The van der Waals surface area contributed by atoms with Gasteiger partial charge in [0.2, 0.25) is 0 Å². The van der Waals surface area contributed by atoms with Crippen LogP contribution in [0.25, 0.3) is 0 Å². The monoisotopic (exact) mass is 420 g/mol. The van der Waals surface area contributed by atoms with Gasteiger partial charge in [0.15, 0.2) is 0 Å². The van der Waals surface area contributed by atoms with E-state index in [4.69, 9.17) is 10.5 Å². The lowest BCUT2D eigenvalue weighted by molar-refractivity contribution is 0.102. The van der Waals surface area contributed by atoms with Crippen molar-refractivity contribution in [3.05, 3.63) is 40.3 Å². The van der Waals surface area contributed by atoms with E-state index < -0.39 is 0 Å². The van der Waals surface area contributed by atoms with Gasteiger partial charge in [-0.1, -0.05) is 26.0 Å². The summed E-state index contributed by atoms with van der Waals surface area (Å²) in [5.41, 5.74) is 6.55. The minimum Gasteiger partial charge on any atom is -0.490 e. The molecule has 0 aliphatic heterocycles. The third kappa shape index (κ3) is 7.09. The number of aromatic nitrogens is 1. The molecule has 2 rings (SSSR count). The average molecular weight is 421 g/mol. The van der Waals surface area contributed by atoms with E-state index in [0.717, 1.165) is 24.6 Å². The summed E-state index contributed by atoms with van der Waals surface area (Å²) < 4.78 is 5.84. The number of thiazole rings is 1. The Morgan fingerprint density at radius 3 is 2.58 bits per heavy atom. The second kappa shape index (κ2) is 12.9. The number of nitrogens with zero attached hydrogens (tertiary/aromatic N) is 2. The zero-order valence-electron chi connectivity index (χ0n) is 14.9. The molecule has 1 aromatic heterocycles. The fourth-order valence-corrected chi connectivity index (χ4v) is 2.87. The van der Waals surface area contributed by atoms with Gasteiger partial charge in [-0.3, -0.25) is 4.79 Å². The van der Waals surface area contributed by atoms with E-state index in [1.165, 1.54) is 11.3 Å². The summed E-state index contributed by atoms with van der Waals surface area (Å²) in [5, 5.41) is 5.31. The number of halogens is 2. The molecule has 146 valence electrons. The number of rotatable bonds is 9. The zero-order valence-corrected chi connectivity index (χ0v) is 17.4. The predicted octanol–water partition coefficient (Wildman–Crippen LogP) is 3.42. The molecule has 1 heterocycles. The molecule has 6 nitrogen and oxygen atoms in total. The summed E-state index contributed by atoms with van der Waals surface area (Å²) in [4.78, 5) is 18.8. The van der Waals surface area contributed by atoms with E-state index in [-0.39, 0.29) is 30.7 Å². The van der Waals surface area contributed by atoms with E-state index >= 15 is 0 Å². The number of anilines is 1. The lowest BCUT2D eigenvalue weighted by Gasteiger charge is -2.19. The van der Waals surface area contributed by atoms with Gasteiger partial charge in [0.05, 0.1) is 5.69 Å². The Bertz CT molecular complexity index is 666. The van der Waals surface area contributed by atoms with Crippen molar-refractivity contribution in [3.8, 4) is 5.75 Å². The van der Waals surface area contributed by atoms with Crippen molar-refractivity contribution in [2.45, 2.75) is 20.4 Å². The van der Waals surface area contributed by atoms with Crippen LogP contribution in [0.3, 0.4) is 0 Å². The molecule has 1 aromatic carbocycles. The van der Waals surface area contributed by atoms with E-state index in [0.29, 0.717) is 30.3 Å². The summed E-state index contributed by atoms with van der Waals surface area (Å²) in [5.74, 6) is 0.401. The maximum atomic E-state index is 12.3. The number of hydrogen-bond acceptors (Lipinski definition) is 6. The minimum absolute atomic E-state index is 0. The van der Waals surface area contributed by atoms with Crippen LogP contribution in [-0.2, 0) is 6.54 Å². The second-order valence-corrected chi connectivity index (χ2v) is 6.10. The van der Waals surface area contributed by atoms with Crippen LogP contribution in [-0.4, -0.2) is 42.0 Å². The number of nitrogens with two attached hydrogens (primary N) is 1. The number of amides is 1. The van der Waals surface area contributed by atoms with E-state index in [2.05, 4.69) is 29.0 Å². The number of hydrogen-bond donors (Lipinski definition) is 2. The smallest absolute Gasteiger partial charge is 0.275 e. The summed E-state index contributed by atoms with van der Waals surface area (Å²) in [6.07, 6.45) is 0. The zero-order chi connectivity index (χ0) is 17.4. The molecule has 26 heavy (non-hydrogen) atoms. The van der Waals surface area contributed by atoms with Crippen LogP contribution >= 0.6 is 36.2 Å². The Hall–Kier alpha value is -1.38. The van der Waals surface area contributed by atoms with Gasteiger partial charge in [0, 0.05) is 18.5 Å². The van der Waals surface area contributed by atoms with Gasteiger partial charge in [0.1, 0.15) is 23.1 Å². The third-order valence-electron chi connectivity index (χ3n) is 3.65. The molecule has 0 fully saturated rings. The number of benzene rings is 1. The number of nitrogens with one attached hydrogen (secondary N) is 1. The largest absolute Gasteiger partial charge is 0.490 e. The molecule has 9 heteroatoms. The number of carbonyl (C=O) groups excluding carboxylic acids is 1. The molecule has 0 bridgehead atoms. The molecule has 0 unspecified atom stereocenters. The van der Waals surface area contributed by atoms with Crippen molar-refractivity contribution in [1.82, 2.24) is 9.88 Å². The summed E-state index contributed by atoms with van der Waals surface area (Å²) in [7, 11) is 0. The Labute approximate surface area is 170 Å². The molecule has 0 aliphatic rings. The molecular weight excluding hydrogens is 395 g/mol. The van der Waals surface area contributed by atoms with Crippen LogP contribution in [0.2, 0.25) is 0 Å². The van der Waals surface area contributed by atoms with Crippen molar-refractivity contribution < 1.29 is 9.53 Å². The van der Waals surface area contributed by atoms with Gasteiger partial charge in [-0.2, -0.15) is 0 Å². The van der Waals surface area contributed by atoms with Crippen molar-refractivity contribution >= 4 is 47.7 Å². The molecule has 0 atom stereocenters. The Balaban J connectivity index is 0.00000312. The molecule has 2 aromatic rings. The summed E-state index contributed by atoms with van der Waals surface area (Å²) in [6, 6.07) is 7.42. The van der Waals surface area contributed by atoms with Crippen molar-refractivity contribution in [1.29, 1.82) is 0 Å². The van der Waals surface area contributed by atoms with Gasteiger partial charge >= 0.3 is 0 Å². The molecule has 3 N–H and O–H groups in total. The number of ether oxygens (including phenoxy) is 1. The Morgan fingerprint density at radius 1 is 1.27 bits per heavy atom. The highest BCUT2D eigenvalue weighted by molar-refractivity contribution is 7.09. The number of para-hydroxylation sites is 2. The Morgan fingerprint density at radius 2 is 1.96 bits per heavy atom. The van der Waals surface area contributed by atoms with Gasteiger partial charge in [-0.15, -0.1) is 36.2 Å². The molecule has 0 saturated heterocycles. The average Bonchev–Trinajstić information content (AvgIpc) is 3.09. The topological polar surface area (TPSA) is 80.5 Å². The molecule has 0 aliphatic carbocycles. The van der Waals surface area contributed by atoms with Crippen molar-refractivity contribution in [2.75, 3.05) is 31.6 Å². The first-order valence-corrected chi connectivity index (χ1v) is 8.95. The van der Waals surface area contributed by atoms with E-state index in [1.807, 2.05) is 24.3 Å². The first-order valence-electron chi connectivity index (χ1n) is 8.07. The molecular formula is C17H26Cl2N4O2S. The SMILES string of the molecule is CCN(CC)CCOc1ccccc1NC(=O)c1csc(CN)n1.Cl.Cl. The standard InChI is InChI=1S/C17H24N4O2S.2ClH/c1-3-21(4-2)9-10-23-15-8-6-5-7-13(15)20-17(22)14-12-24-16(11-18)19-14;;/h5-8,12H,3-4,9-11,18H2,1-2H3,(H,20,22);2*1H. The summed E-state index contributed by atoms with van der Waals surface area (Å²) >= 11 is 1.38. The fraction of sp³-hybridized carbons (Fsp3) is 0.412. The maximum Gasteiger partial charge on any atom is 0.275 e. The molecule has 1 amide bonds. The Kier molecular flexibility index (Phi) is 12.2. The fourth-order valence-electron chi connectivity index (χ4n) is 2.22. The lowest BCUT2D eigenvalue weighted by Crippen LogP contribution is -2.28. The normalized spacial score (nSPS) is 10.0. The van der Waals surface area contributed by atoms with Crippen LogP contribution in [0.4, 0.5) is 5.69 Å². The van der Waals surface area contributed by atoms with Crippen LogP contribution < -0.4 is 15.8 Å². The van der Waals surface area contributed by atoms with Crippen molar-refractivity contribution in [3.63, 3.8) is 0 Å². The lowest BCUT2D eigenvalue weighted by atomic mass is 10.3. The van der Waals surface area contributed by atoms with E-state index in [9.17, 15) is 4.79 Å². The highest BCUT2D eigenvalue weighted by Crippen LogP contribution is 2.24.